The number of aryl methyl sites for hydroxylation is 1. The zero-order chi connectivity index (χ0) is 19.5. The van der Waals surface area contributed by atoms with Crippen molar-refractivity contribution in [1.29, 1.82) is 0 Å². The van der Waals surface area contributed by atoms with Crippen LogP contribution in [-0.2, 0) is 10.0 Å². The summed E-state index contributed by atoms with van der Waals surface area (Å²) in [6.45, 7) is 9.36. The highest BCUT2D eigenvalue weighted by molar-refractivity contribution is 7.92. The molecule has 138 valence electrons. The van der Waals surface area contributed by atoms with Gasteiger partial charge in [0.15, 0.2) is 0 Å². The van der Waals surface area contributed by atoms with Crippen molar-refractivity contribution in [1.82, 2.24) is 0 Å². The predicted octanol–water partition coefficient (Wildman–Crippen LogP) is 4.41. The summed E-state index contributed by atoms with van der Waals surface area (Å²) < 4.78 is 27.4. The van der Waals surface area contributed by atoms with E-state index in [2.05, 4.69) is 20.4 Å². The van der Waals surface area contributed by atoms with E-state index >= 15 is 0 Å². The van der Waals surface area contributed by atoms with E-state index in [4.69, 9.17) is 0 Å². The molecule has 0 aliphatic rings. The standard InChI is InChI=1S/C19H22N2O4S/c1-5-12-20(17-9-7-16(8-10-17)14(2)3)26(24,25)18-11-6-15(4)19(13-18)21(22)23/h5-11,13-14H,1,12H2,2-4H3. The van der Waals surface area contributed by atoms with Gasteiger partial charge in [0.25, 0.3) is 15.7 Å². The van der Waals surface area contributed by atoms with E-state index in [1.54, 1.807) is 19.1 Å². The Kier molecular flexibility index (Phi) is 5.82. The van der Waals surface area contributed by atoms with Gasteiger partial charge in [-0.15, -0.1) is 6.58 Å². The van der Waals surface area contributed by atoms with Crippen molar-refractivity contribution in [3.63, 3.8) is 0 Å². The molecule has 0 fully saturated rings. The molecule has 0 saturated heterocycles. The van der Waals surface area contributed by atoms with Crippen molar-refractivity contribution >= 4 is 21.4 Å². The van der Waals surface area contributed by atoms with Crippen molar-refractivity contribution in [3.05, 3.63) is 76.4 Å². The minimum Gasteiger partial charge on any atom is -0.263 e. The van der Waals surface area contributed by atoms with Crippen molar-refractivity contribution in [2.24, 2.45) is 0 Å². The molecule has 0 bridgehead atoms. The second-order valence-electron chi connectivity index (χ2n) is 6.28. The highest BCUT2D eigenvalue weighted by Gasteiger charge is 2.26. The van der Waals surface area contributed by atoms with E-state index in [9.17, 15) is 18.5 Å². The second-order valence-corrected chi connectivity index (χ2v) is 8.14. The van der Waals surface area contributed by atoms with Crippen LogP contribution in [-0.4, -0.2) is 19.9 Å². The van der Waals surface area contributed by atoms with Gasteiger partial charge in [0, 0.05) is 11.6 Å². The molecule has 26 heavy (non-hydrogen) atoms. The second kappa shape index (κ2) is 7.70. The molecule has 0 heterocycles. The SMILES string of the molecule is C=CCN(c1ccc(C(C)C)cc1)S(=O)(=O)c1ccc(C)c([N+](=O)[O-])c1. The number of sulfonamides is 1. The molecule has 2 rings (SSSR count). The monoisotopic (exact) mass is 374 g/mol. The molecule has 0 atom stereocenters. The van der Waals surface area contributed by atoms with Gasteiger partial charge in [0.1, 0.15) is 0 Å². The Balaban J connectivity index is 2.53. The van der Waals surface area contributed by atoms with E-state index in [-0.39, 0.29) is 17.1 Å². The van der Waals surface area contributed by atoms with Gasteiger partial charge in [-0.3, -0.25) is 14.4 Å². The lowest BCUT2D eigenvalue weighted by atomic mass is 10.0. The molecule has 0 unspecified atom stereocenters. The topological polar surface area (TPSA) is 80.5 Å². The third kappa shape index (κ3) is 3.94. The Labute approximate surface area is 154 Å². The molecule has 6 nitrogen and oxygen atoms in total. The summed E-state index contributed by atoms with van der Waals surface area (Å²) in [6, 6.07) is 11.2. The number of hydrogen-bond donors (Lipinski definition) is 0. The van der Waals surface area contributed by atoms with Crippen LogP contribution in [0.3, 0.4) is 0 Å². The van der Waals surface area contributed by atoms with E-state index in [1.165, 1.54) is 22.5 Å². The van der Waals surface area contributed by atoms with Crippen LogP contribution in [0.1, 0.15) is 30.9 Å². The normalized spacial score (nSPS) is 11.4. The summed E-state index contributed by atoms with van der Waals surface area (Å²) >= 11 is 0. The maximum Gasteiger partial charge on any atom is 0.273 e. The van der Waals surface area contributed by atoms with E-state index in [0.29, 0.717) is 17.2 Å². The van der Waals surface area contributed by atoms with Crippen molar-refractivity contribution in [2.75, 3.05) is 10.8 Å². The Hall–Kier alpha value is -2.67. The van der Waals surface area contributed by atoms with Crippen molar-refractivity contribution < 1.29 is 13.3 Å². The number of nitro groups is 1. The fourth-order valence-corrected chi connectivity index (χ4v) is 4.01. The Bertz CT molecular complexity index is 919. The van der Waals surface area contributed by atoms with Gasteiger partial charge >= 0.3 is 0 Å². The third-order valence-electron chi connectivity index (χ3n) is 4.11. The number of benzene rings is 2. The number of nitro benzene ring substituents is 1. The van der Waals surface area contributed by atoms with Crippen LogP contribution in [0.25, 0.3) is 0 Å². The molecule has 0 N–H and O–H groups in total. The maximum atomic E-state index is 13.1. The molecule has 0 aromatic heterocycles. The molecule has 0 aliphatic heterocycles. The number of anilines is 1. The highest BCUT2D eigenvalue weighted by Crippen LogP contribution is 2.28. The minimum atomic E-state index is -3.96. The number of hydrogen-bond acceptors (Lipinski definition) is 4. The Morgan fingerprint density at radius 3 is 2.31 bits per heavy atom. The van der Waals surface area contributed by atoms with Crippen LogP contribution in [0.4, 0.5) is 11.4 Å². The molecule has 7 heteroatoms. The fraction of sp³-hybridized carbons (Fsp3) is 0.263. The van der Waals surface area contributed by atoms with Crippen LogP contribution >= 0.6 is 0 Å². The molecular weight excluding hydrogens is 352 g/mol. The van der Waals surface area contributed by atoms with Gasteiger partial charge in [-0.25, -0.2) is 8.42 Å². The van der Waals surface area contributed by atoms with Crippen LogP contribution in [0, 0.1) is 17.0 Å². The van der Waals surface area contributed by atoms with Crippen molar-refractivity contribution in [2.45, 2.75) is 31.6 Å². The van der Waals surface area contributed by atoms with Gasteiger partial charge in [-0.1, -0.05) is 38.1 Å². The first-order valence-corrected chi connectivity index (χ1v) is 9.61. The minimum absolute atomic E-state index is 0.0605. The first-order valence-electron chi connectivity index (χ1n) is 8.17. The summed E-state index contributed by atoms with van der Waals surface area (Å²) in [5.41, 5.74) is 1.76. The Morgan fingerprint density at radius 1 is 1.19 bits per heavy atom. The van der Waals surface area contributed by atoms with Crippen molar-refractivity contribution in [3.8, 4) is 0 Å². The first kappa shape index (κ1) is 19.7. The van der Waals surface area contributed by atoms with Crippen LogP contribution in [0.15, 0.2) is 60.0 Å². The van der Waals surface area contributed by atoms with Gasteiger partial charge in [-0.2, -0.15) is 0 Å². The molecule has 0 amide bonds. The summed E-state index contributed by atoms with van der Waals surface area (Å²) in [4.78, 5) is 10.4. The Morgan fingerprint density at radius 2 is 1.81 bits per heavy atom. The van der Waals surface area contributed by atoms with Gasteiger partial charge < -0.3 is 0 Å². The van der Waals surface area contributed by atoms with Gasteiger partial charge in [0.2, 0.25) is 0 Å². The lowest BCUT2D eigenvalue weighted by Gasteiger charge is -2.23. The molecule has 0 radical (unpaired) electrons. The predicted molar refractivity (Wildman–Crippen MR) is 103 cm³/mol. The first-order chi connectivity index (χ1) is 12.2. The summed E-state index contributed by atoms with van der Waals surface area (Å²) in [5, 5.41) is 11.1. The zero-order valence-electron chi connectivity index (χ0n) is 15.0. The lowest BCUT2D eigenvalue weighted by molar-refractivity contribution is -0.385. The molecule has 2 aromatic rings. The third-order valence-corrected chi connectivity index (χ3v) is 5.90. The maximum absolute atomic E-state index is 13.1. The average Bonchev–Trinajstić information content (AvgIpc) is 2.59. The lowest BCUT2D eigenvalue weighted by Crippen LogP contribution is -2.31. The van der Waals surface area contributed by atoms with E-state index < -0.39 is 14.9 Å². The smallest absolute Gasteiger partial charge is 0.263 e. The van der Waals surface area contributed by atoms with Gasteiger partial charge in [0.05, 0.1) is 22.1 Å². The number of nitrogens with zero attached hydrogens (tertiary/aromatic N) is 2. The molecular formula is C19H22N2O4S. The quantitative estimate of drug-likeness (QED) is 0.408. The average molecular weight is 374 g/mol. The van der Waals surface area contributed by atoms with Crippen LogP contribution < -0.4 is 4.31 Å². The molecule has 2 aromatic carbocycles. The van der Waals surface area contributed by atoms with Crippen LogP contribution in [0.5, 0.6) is 0 Å². The fourth-order valence-electron chi connectivity index (χ4n) is 2.56. The van der Waals surface area contributed by atoms with E-state index in [1.807, 2.05) is 12.1 Å². The van der Waals surface area contributed by atoms with Crippen LogP contribution in [0.2, 0.25) is 0 Å². The number of rotatable bonds is 7. The highest BCUT2D eigenvalue weighted by atomic mass is 32.2. The summed E-state index contributed by atoms with van der Waals surface area (Å²) in [7, 11) is -3.96. The largest absolute Gasteiger partial charge is 0.273 e. The summed E-state index contributed by atoms with van der Waals surface area (Å²) in [6.07, 6.45) is 1.48. The van der Waals surface area contributed by atoms with E-state index in [0.717, 1.165) is 11.6 Å². The summed E-state index contributed by atoms with van der Waals surface area (Å²) in [5.74, 6) is 0.327. The molecule has 0 saturated carbocycles. The zero-order valence-corrected chi connectivity index (χ0v) is 15.9. The van der Waals surface area contributed by atoms with Gasteiger partial charge in [-0.05, 0) is 36.6 Å². The molecule has 0 spiro atoms. The molecule has 0 aliphatic carbocycles.